The summed E-state index contributed by atoms with van der Waals surface area (Å²) in [6.45, 7) is 2.48. The number of aliphatic hydroxyl groups excluding tert-OH is 1. The normalized spacial score (nSPS) is 30.1. The Hall–Kier alpha value is -1.02. The van der Waals surface area contributed by atoms with Gasteiger partial charge in [0.2, 0.25) is 0 Å². The van der Waals surface area contributed by atoms with E-state index in [1.165, 1.54) is 5.56 Å². The van der Waals surface area contributed by atoms with Crippen molar-refractivity contribution in [1.29, 1.82) is 0 Å². The molecule has 2 atom stereocenters. The van der Waals surface area contributed by atoms with E-state index in [1.54, 1.807) is 7.11 Å². The molecule has 76 valence electrons. The lowest BCUT2D eigenvalue weighted by Gasteiger charge is -2.12. The summed E-state index contributed by atoms with van der Waals surface area (Å²) in [7, 11) is 1.68. The quantitative estimate of drug-likeness (QED) is 0.793. The lowest BCUT2D eigenvalue weighted by molar-refractivity contribution is 0.265. The molecule has 2 nitrogen and oxygen atoms in total. The maximum Gasteiger partial charge on any atom is 0.119 e. The zero-order valence-corrected chi connectivity index (χ0v) is 8.66. The predicted octanol–water partition coefficient (Wildman–Crippen LogP) is 1.97. The number of rotatable bonds is 3. The molecule has 0 radical (unpaired) electrons. The van der Waals surface area contributed by atoms with Crippen LogP contribution < -0.4 is 4.74 Å². The molecule has 1 fully saturated rings. The molecular formula is C12H16O2. The second-order valence-corrected chi connectivity index (χ2v) is 4.23. The number of ether oxygens (including phenoxy) is 1. The number of methoxy groups -OCH3 is 1. The van der Waals surface area contributed by atoms with Crippen LogP contribution in [0.1, 0.15) is 18.9 Å². The summed E-state index contributed by atoms with van der Waals surface area (Å²) < 4.78 is 5.18. The predicted molar refractivity (Wildman–Crippen MR) is 55.5 cm³/mol. The van der Waals surface area contributed by atoms with Gasteiger partial charge in [0.15, 0.2) is 0 Å². The van der Waals surface area contributed by atoms with Crippen LogP contribution in [0.25, 0.3) is 0 Å². The number of hydrogen-bond donors (Lipinski definition) is 1. The van der Waals surface area contributed by atoms with Gasteiger partial charge in [0.25, 0.3) is 0 Å². The maximum absolute atomic E-state index is 9.10. The van der Waals surface area contributed by atoms with Crippen LogP contribution in [-0.2, 0) is 5.41 Å². The van der Waals surface area contributed by atoms with Gasteiger partial charge in [-0.05, 0) is 35.4 Å². The summed E-state index contributed by atoms with van der Waals surface area (Å²) in [6, 6.07) is 8.13. The van der Waals surface area contributed by atoms with Crippen LogP contribution in [0.2, 0.25) is 0 Å². The minimum atomic E-state index is 0.170. The van der Waals surface area contributed by atoms with Crippen molar-refractivity contribution < 1.29 is 9.84 Å². The first-order chi connectivity index (χ1) is 6.70. The van der Waals surface area contributed by atoms with Crippen molar-refractivity contribution in [3.63, 3.8) is 0 Å². The third kappa shape index (κ3) is 1.40. The van der Waals surface area contributed by atoms with E-state index in [9.17, 15) is 0 Å². The lowest BCUT2D eigenvalue weighted by Crippen LogP contribution is -2.06. The van der Waals surface area contributed by atoms with Gasteiger partial charge in [-0.3, -0.25) is 0 Å². The highest BCUT2D eigenvalue weighted by Crippen LogP contribution is 2.53. The van der Waals surface area contributed by atoms with Crippen LogP contribution in [0.3, 0.4) is 0 Å². The third-order valence-electron chi connectivity index (χ3n) is 3.36. The zero-order chi connectivity index (χ0) is 10.2. The molecule has 0 aromatic heterocycles. The van der Waals surface area contributed by atoms with Crippen molar-refractivity contribution in [1.82, 2.24) is 0 Å². The zero-order valence-electron chi connectivity index (χ0n) is 8.66. The van der Waals surface area contributed by atoms with E-state index in [2.05, 4.69) is 19.1 Å². The Bertz CT molecular complexity index is 335. The van der Waals surface area contributed by atoms with Crippen LogP contribution in [0.15, 0.2) is 24.3 Å². The van der Waals surface area contributed by atoms with E-state index in [1.807, 2.05) is 12.1 Å². The van der Waals surface area contributed by atoms with Gasteiger partial charge in [-0.2, -0.15) is 0 Å². The minimum absolute atomic E-state index is 0.170. The van der Waals surface area contributed by atoms with Gasteiger partial charge in [-0.1, -0.05) is 19.1 Å². The SMILES string of the molecule is COc1cccc(C2(C)CC2CO)c1. The molecule has 1 saturated carbocycles. The Morgan fingerprint density at radius 1 is 1.57 bits per heavy atom. The molecule has 0 bridgehead atoms. The van der Waals surface area contributed by atoms with Gasteiger partial charge < -0.3 is 9.84 Å². The van der Waals surface area contributed by atoms with Crippen LogP contribution in [0.4, 0.5) is 0 Å². The van der Waals surface area contributed by atoms with E-state index >= 15 is 0 Å². The smallest absolute Gasteiger partial charge is 0.119 e. The number of benzene rings is 1. The molecule has 1 aromatic rings. The number of aliphatic hydroxyl groups is 1. The Morgan fingerprint density at radius 3 is 2.93 bits per heavy atom. The van der Waals surface area contributed by atoms with Crippen molar-refractivity contribution >= 4 is 0 Å². The first-order valence-corrected chi connectivity index (χ1v) is 4.96. The second kappa shape index (κ2) is 3.28. The van der Waals surface area contributed by atoms with Crippen molar-refractivity contribution in [2.24, 2.45) is 5.92 Å². The molecule has 0 heterocycles. The van der Waals surface area contributed by atoms with Gasteiger partial charge >= 0.3 is 0 Å². The summed E-state index contributed by atoms with van der Waals surface area (Å²) >= 11 is 0. The monoisotopic (exact) mass is 192 g/mol. The minimum Gasteiger partial charge on any atom is -0.497 e. The lowest BCUT2D eigenvalue weighted by atomic mass is 9.95. The number of hydrogen-bond acceptors (Lipinski definition) is 2. The van der Waals surface area contributed by atoms with E-state index in [-0.39, 0.29) is 12.0 Å². The summed E-state index contributed by atoms with van der Waals surface area (Å²) in [6.07, 6.45) is 1.08. The first kappa shape index (κ1) is 9.53. The van der Waals surface area contributed by atoms with Crippen LogP contribution >= 0.6 is 0 Å². The summed E-state index contributed by atoms with van der Waals surface area (Å²) in [5, 5.41) is 9.10. The molecule has 0 aliphatic heterocycles. The van der Waals surface area contributed by atoms with E-state index in [0.717, 1.165) is 12.2 Å². The third-order valence-corrected chi connectivity index (χ3v) is 3.36. The van der Waals surface area contributed by atoms with Gasteiger partial charge in [0.1, 0.15) is 5.75 Å². The highest BCUT2D eigenvalue weighted by Gasteiger charge is 2.50. The standard InChI is InChI=1S/C12H16O2/c1-12(7-10(12)8-13)9-4-3-5-11(6-9)14-2/h3-6,10,13H,7-8H2,1-2H3. The van der Waals surface area contributed by atoms with Crippen molar-refractivity contribution in [3.05, 3.63) is 29.8 Å². The van der Waals surface area contributed by atoms with Gasteiger partial charge in [0, 0.05) is 6.61 Å². The van der Waals surface area contributed by atoms with Crippen molar-refractivity contribution in [2.45, 2.75) is 18.8 Å². The van der Waals surface area contributed by atoms with E-state index in [0.29, 0.717) is 5.92 Å². The average Bonchev–Trinajstić information content (AvgIpc) is 2.92. The molecule has 14 heavy (non-hydrogen) atoms. The molecular weight excluding hydrogens is 176 g/mol. The molecule has 1 aromatic carbocycles. The van der Waals surface area contributed by atoms with E-state index in [4.69, 9.17) is 9.84 Å². The maximum atomic E-state index is 9.10. The molecule has 2 heteroatoms. The average molecular weight is 192 g/mol. The fraction of sp³-hybridized carbons (Fsp3) is 0.500. The highest BCUT2D eigenvalue weighted by atomic mass is 16.5. The Labute approximate surface area is 84.5 Å². The Morgan fingerprint density at radius 2 is 2.36 bits per heavy atom. The molecule has 0 amide bonds. The van der Waals surface area contributed by atoms with Crippen molar-refractivity contribution in [2.75, 3.05) is 13.7 Å². The van der Waals surface area contributed by atoms with Crippen LogP contribution in [0, 0.1) is 5.92 Å². The first-order valence-electron chi connectivity index (χ1n) is 4.96. The molecule has 1 aliphatic rings. The fourth-order valence-electron chi connectivity index (χ4n) is 2.05. The van der Waals surface area contributed by atoms with Gasteiger partial charge in [-0.15, -0.1) is 0 Å². The van der Waals surface area contributed by atoms with Crippen LogP contribution in [0.5, 0.6) is 5.75 Å². The Balaban J connectivity index is 2.25. The fourth-order valence-corrected chi connectivity index (χ4v) is 2.05. The summed E-state index contributed by atoms with van der Waals surface area (Å²) in [5.41, 5.74) is 1.44. The van der Waals surface area contributed by atoms with Gasteiger partial charge in [-0.25, -0.2) is 0 Å². The highest BCUT2D eigenvalue weighted by molar-refractivity contribution is 5.38. The van der Waals surface area contributed by atoms with Crippen LogP contribution in [-0.4, -0.2) is 18.8 Å². The summed E-state index contributed by atoms with van der Waals surface area (Å²) in [4.78, 5) is 0. The topological polar surface area (TPSA) is 29.5 Å². The van der Waals surface area contributed by atoms with Gasteiger partial charge in [0.05, 0.1) is 7.11 Å². The molecule has 1 N–H and O–H groups in total. The van der Waals surface area contributed by atoms with E-state index < -0.39 is 0 Å². The molecule has 0 saturated heterocycles. The molecule has 0 spiro atoms. The molecule has 2 unspecified atom stereocenters. The Kier molecular flexibility index (Phi) is 2.23. The largest absolute Gasteiger partial charge is 0.497 e. The summed E-state index contributed by atoms with van der Waals surface area (Å²) in [5.74, 6) is 1.32. The van der Waals surface area contributed by atoms with Crippen molar-refractivity contribution in [3.8, 4) is 5.75 Å². The molecule has 2 rings (SSSR count). The molecule has 1 aliphatic carbocycles. The second-order valence-electron chi connectivity index (χ2n) is 4.23.